The van der Waals surface area contributed by atoms with Gasteiger partial charge in [0.25, 0.3) is 0 Å². The molecule has 5 heteroatoms. The zero-order chi connectivity index (χ0) is 56.4. The maximum atomic E-state index is 6.92. The number of unbranched alkanes of at least 4 members (excludes halogenated alkanes) is 45. The number of rotatable bonds is 57. The monoisotopic (exact) mass is 1130 g/mol. The van der Waals surface area contributed by atoms with Crippen LogP contribution in [0.3, 0.4) is 0 Å². The van der Waals surface area contributed by atoms with Gasteiger partial charge in [-0.1, -0.05) is 357 Å². The maximum absolute atomic E-state index is 6.92. The van der Waals surface area contributed by atoms with Crippen LogP contribution in [0.15, 0.2) is 60.7 Å². The second-order valence-electron chi connectivity index (χ2n) is 24.4. The molecule has 0 spiro atoms. The van der Waals surface area contributed by atoms with Crippen molar-refractivity contribution in [1.29, 1.82) is 0 Å². The van der Waals surface area contributed by atoms with Crippen LogP contribution in [-0.2, 0) is 5.41 Å². The summed E-state index contributed by atoms with van der Waals surface area (Å²) in [6, 6.07) is 21.2. The molecule has 79 heavy (non-hydrogen) atoms. The highest BCUT2D eigenvalue weighted by atomic mass is 35.5. The average molecular weight is 1130 g/mol. The van der Waals surface area contributed by atoms with Crippen molar-refractivity contribution in [2.45, 2.75) is 341 Å². The van der Waals surface area contributed by atoms with Gasteiger partial charge < -0.3 is 14.2 Å². The average Bonchev–Trinajstić information content (AvgIpc) is 3.52. The fourth-order valence-electron chi connectivity index (χ4n) is 11.8. The van der Waals surface area contributed by atoms with E-state index in [1.165, 1.54) is 289 Å². The second kappa shape index (κ2) is 50.2. The minimum absolute atomic E-state index is 0.541. The number of ether oxygens (including phenoxy) is 3. The van der Waals surface area contributed by atoms with Gasteiger partial charge in [0, 0.05) is 15.5 Å². The van der Waals surface area contributed by atoms with Crippen molar-refractivity contribution in [3.8, 4) is 17.2 Å². The third-order valence-corrected chi connectivity index (χ3v) is 17.7. The first-order chi connectivity index (χ1) is 38.9. The van der Waals surface area contributed by atoms with E-state index in [1.54, 1.807) is 0 Å². The SMILES string of the molecule is CCCCCCCCCCCCCCCCCCOc1cc(C(C)(c2ccc(Cl)cc2)c2ccc(Cl)cc2)cc(OCCCCCCCCCCCCCCCCCC)c1OCCCCCCCCCCCCCCCCCC. The number of halogens is 2. The molecule has 0 aromatic heterocycles. The zero-order valence-corrected chi connectivity index (χ0v) is 53.8. The highest BCUT2D eigenvalue weighted by Crippen LogP contribution is 2.47. The molecule has 0 unspecified atom stereocenters. The van der Waals surface area contributed by atoms with Crippen LogP contribution in [0.4, 0.5) is 0 Å². The van der Waals surface area contributed by atoms with Crippen molar-refractivity contribution in [1.82, 2.24) is 0 Å². The smallest absolute Gasteiger partial charge is 0.203 e. The lowest BCUT2D eigenvalue weighted by atomic mass is 9.71. The molecule has 0 aliphatic rings. The Balaban J connectivity index is 1.64. The summed E-state index contributed by atoms with van der Waals surface area (Å²) in [6.45, 7) is 11.2. The van der Waals surface area contributed by atoms with E-state index in [-0.39, 0.29) is 0 Å². The lowest BCUT2D eigenvalue weighted by molar-refractivity contribution is 0.233. The molecule has 0 fully saturated rings. The van der Waals surface area contributed by atoms with Crippen LogP contribution in [0.1, 0.15) is 353 Å². The summed E-state index contributed by atoms with van der Waals surface area (Å²) in [5.74, 6) is 2.37. The lowest BCUT2D eigenvalue weighted by Gasteiger charge is -2.33. The summed E-state index contributed by atoms with van der Waals surface area (Å²) in [4.78, 5) is 0. The molecule has 0 radical (unpaired) electrons. The predicted molar refractivity (Wildman–Crippen MR) is 350 cm³/mol. The largest absolute Gasteiger partial charge is 0.490 e. The van der Waals surface area contributed by atoms with Crippen LogP contribution < -0.4 is 14.2 Å². The summed E-state index contributed by atoms with van der Waals surface area (Å²) < 4.78 is 20.7. The fourth-order valence-corrected chi connectivity index (χ4v) is 12.0. The van der Waals surface area contributed by atoms with Crippen molar-refractivity contribution in [3.63, 3.8) is 0 Å². The van der Waals surface area contributed by atoms with Gasteiger partial charge in [-0.3, -0.25) is 0 Å². The molecule has 0 aliphatic carbocycles. The number of hydrogen-bond donors (Lipinski definition) is 0. The molecule has 3 nitrogen and oxygen atoms in total. The van der Waals surface area contributed by atoms with E-state index >= 15 is 0 Å². The third-order valence-electron chi connectivity index (χ3n) is 17.2. The summed E-state index contributed by atoms with van der Waals surface area (Å²) >= 11 is 13.1. The molecule has 3 rings (SSSR count). The van der Waals surface area contributed by atoms with E-state index in [0.29, 0.717) is 19.8 Å². The van der Waals surface area contributed by atoms with E-state index in [4.69, 9.17) is 37.4 Å². The van der Waals surface area contributed by atoms with Gasteiger partial charge in [-0.15, -0.1) is 0 Å². The zero-order valence-electron chi connectivity index (χ0n) is 52.3. The van der Waals surface area contributed by atoms with E-state index in [0.717, 1.165) is 63.2 Å². The minimum Gasteiger partial charge on any atom is -0.490 e. The molecule has 3 aromatic carbocycles. The maximum Gasteiger partial charge on any atom is 0.203 e. The number of benzene rings is 3. The molecule has 0 amide bonds. The first-order valence-corrected chi connectivity index (χ1v) is 35.3. The van der Waals surface area contributed by atoms with Crippen LogP contribution in [-0.4, -0.2) is 19.8 Å². The summed E-state index contributed by atoms with van der Waals surface area (Å²) in [6.07, 6.45) is 65.0. The van der Waals surface area contributed by atoms with Gasteiger partial charge in [-0.05, 0) is 79.3 Å². The molecule has 0 bridgehead atoms. The Kier molecular flexibility index (Phi) is 45.0. The molecular weight excluding hydrogens is 1010 g/mol. The van der Waals surface area contributed by atoms with E-state index in [1.807, 2.05) is 24.3 Å². The van der Waals surface area contributed by atoms with Crippen molar-refractivity contribution in [3.05, 3.63) is 87.4 Å². The van der Waals surface area contributed by atoms with Crippen molar-refractivity contribution in [2.24, 2.45) is 0 Å². The van der Waals surface area contributed by atoms with Crippen LogP contribution >= 0.6 is 23.2 Å². The Bertz CT molecular complexity index is 1690. The highest BCUT2D eigenvalue weighted by molar-refractivity contribution is 6.30. The van der Waals surface area contributed by atoms with E-state index in [2.05, 4.69) is 64.1 Å². The van der Waals surface area contributed by atoms with Crippen LogP contribution in [0.2, 0.25) is 10.0 Å². The second-order valence-corrected chi connectivity index (χ2v) is 25.3. The first kappa shape index (κ1) is 70.9. The van der Waals surface area contributed by atoms with Crippen molar-refractivity contribution < 1.29 is 14.2 Å². The van der Waals surface area contributed by atoms with Gasteiger partial charge in [0.15, 0.2) is 11.5 Å². The fraction of sp³-hybridized carbons (Fsp3) is 0.757. The lowest BCUT2D eigenvalue weighted by Crippen LogP contribution is -2.25. The Morgan fingerprint density at radius 2 is 0.468 bits per heavy atom. The van der Waals surface area contributed by atoms with E-state index < -0.39 is 5.41 Å². The van der Waals surface area contributed by atoms with Gasteiger partial charge in [-0.25, -0.2) is 0 Å². The molecule has 0 heterocycles. The topological polar surface area (TPSA) is 27.7 Å². The van der Waals surface area contributed by atoms with Gasteiger partial charge in [0.1, 0.15) is 0 Å². The molecule has 0 atom stereocenters. The summed E-state index contributed by atoms with van der Waals surface area (Å²) in [5, 5.41) is 1.45. The molecule has 452 valence electrons. The Hall–Kier alpha value is -2.36. The summed E-state index contributed by atoms with van der Waals surface area (Å²) in [7, 11) is 0. The molecule has 0 N–H and O–H groups in total. The van der Waals surface area contributed by atoms with Crippen LogP contribution in [0, 0.1) is 0 Å². The van der Waals surface area contributed by atoms with Gasteiger partial charge in [0.2, 0.25) is 5.75 Å². The third kappa shape index (κ3) is 34.8. The van der Waals surface area contributed by atoms with Gasteiger partial charge in [0.05, 0.1) is 19.8 Å². The predicted octanol–water partition coefficient (Wildman–Crippen LogP) is 26.3. The van der Waals surface area contributed by atoms with E-state index in [9.17, 15) is 0 Å². The summed E-state index contributed by atoms with van der Waals surface area (Å²) in [5.41, 5.74) is 2.86. The first-order valence-electron chi connectivity index (χ1n) is 34.5. The standard InChI is InChI=1S/C74H124Cl2O3/c1-5-8-11-14-17-20-23-26-29-32-35-38-41-44-47-50-61-77-71-64-68(74(4,66-53-57-69(75)58-54-66)67-55-59-70(76)60-56-67)65-72(78-62-51-48-45-42-39-36-33-30-27-24-21-18-15-12-9-6-2)73(71)79-63-52-49-46-43-40-37-34-31-28-25-22-19-16-13-10-7-3/h53-60,64-65H,5-52,61-63H2,1-4H3. The van der Waals surface area contributed by atoms with Crippen LogP contribution in [0.5, 0.6) is 17.2 Å². The highest BCUT2D eigenvalue weighted by Gasteiger charge is 2.34. The molecule has 0 saturated carbocycles. The Morgan fingerprint density at radius 1 is 0.266 bits per heavy atom. The quantitative estimate of drug-likeness (QED) is 0.0416. The Morgan fingerprint density at radius 3 is 0.696 bits per heavy atom. The number of hydrogen-bond acceptors (Lipinski definition) is 3. The Labute approximate surface area is 500 Å². The van der Waals surface area contributed by atoms with Gasteiger partial charge >= 0.3 is 0 Å². The van der Waals surface area contributed by atoms with Crippen molar-refractivity contribution in [2.75, 3.05) is 19.8 Å². The molecular formula is C74H124Cl2O3. The molecule has 3 aromatic rings. The molecule has 0 saturated heterocycles. The van der Waals surface area contributed by atoms with Gasteiger partial charge in [-0.2, -0.15) is 0 Å². The van der Waals surface area contributed by atoms with Crippen molar-refractivity contribution >= 4 is 23.2 Å². The normalized spacial score (nSPS) is 11.7. The molecule has 0 aliphatic heterocycles. The van der Waals surface area contributed by atoms with Crippen LogP contribution in [0.25, 0.3) is 0 Å². The minimum atomic E-state index is -0.541.